The lowest BCUT2D eigenvalue weighted by Crippen LogP contribution is -2.10. The molecule has 0 saturated heterocycles. The molecule has 0 saturated carbocycles. The SMILES string of the molecule is CC(I)c1nc(-c2cc(C(C)(C)C)no2)n[nH]1. The van der Waals surface area contributed by atoms with Crippen LogP contribution in [0.25, 0.3) is 11.6 Å². The molecular weight excluding hydrogens is 331 g/mol. The van der Waals surface area contributed by atoms with E-state index in [0.717, 1.165) is 11.5 Å². The van der Waals surface area contributed by atoms with Crippen LogP contribution in [0.5, 0.6) is 0 Å². The van der Waals surface area contributed by atoms with Gasteiger partial charge in [-0.25, -0.2) is 4.98 Å². The summed E-state index contributed by atoms with van der Waals surface area (Å²) in [5.74, 6) is 2.01. The summed E-state index contributed by atoms with van der Waals surface area (Å²) in [4.78, 5) is 4.37. The van der Waals surface area contributed by atoms with Crippen LogP contribution in [0.4, 0.5) is 0 Å². The minimum atomic E-state index is -0.0303. The van der Waals surface area contributed by atoms with Crippen LogP contribution < -0.4 is 0 Å². The maximum atomic E-state index is 5.27. The fraction of sp³-hybridized carbons (Fsp3) is 0.545. The Morgan fingerprint density at radius 2 is 2.12 bits per heavy atom. The minimum Gasteiger partial charge on any atom is -0.353 e. The first kappa shape index (κ1) is 12.5. The Hall–Kier alpha value is -0.920. The average Bonchev–Trinajstić information content (AvgIpc) is 2.85. The van der Waals surface area contributed by atoms with Gasteiger partial charge in [-0.15, -0.1) is 5.10 Å². The van der Waals surface area contributed by atoms with Crippen molar-refractivity contribution >= 4 is 22.6 Å². The Kier molecular flexibility index (Phi) is 3.24. The molecule has 0 bridgehead atoms. The molecular formula is C11H15IN4O. The van der Waals surface area contributed by atoms with E-state index in [-0.39, 0.29) is 5.41 Å². The van der Waals surface area contributed by atoms with Gasteiger partial charge in [0.05, 0.1) is 9.62 Å². The van der Waals surface area contributed by atoms with Gasteiger partial charge in [-0.3, -0.25) is 5.10 Å². The predicted octanol–water partition coefficient (Wildman–Crippen LogP) is 3.25. The summed E-state index contributed by atoms with van der Waals surface area (Å²) in [6.45, 7) is 8.31. The molecule has 2 aromatic rings. The van der Waals surface area contributed by atoms with E-state index >= 15 is 0 Å². The molecule has 0 aliphatic heterocycles. The highest BCUT2D eigenvalue weighted by Gasteiger charge is 2.21. The first-order valence-electron chi connectivity index (χ1n) is 5.42. The molecule has 6 heteroatoms. The van der Waals surface area contributed by atoms with Crippen molar-refractivity contribution in [1.82, 2.24) is 20.3 Å². The summed E-state index contributed by atoms with van der Waals surface area (Å²) < 4.78 is 5.56. The van der Waals surface area contributed by atoms with Gasteiger partial charge >= 0.3 is 0 Å². The smallest absolute Gasteiger partial charge is 0.219 e. The molecule has 2 aromatic heterocycles. The second-order valence-electron chi connectivity index (χ2n) is 4.99. The van der Waals surface area contributed by atoms with Gasteiger partial charge in [0.1, 0.15) is 5.82 Å². The number of halogens is 1. The normalized spacial score (nSPS) is 13.9. The van der Waals surface area contributed by atoms with E-state index in [4.69, 9.17) is 4.52 Å². The van der Waals surface area contributed by atoms with Crippen LogP contribution in [0.2, 0.25) is 0 Å². The van der Waals surface area contributed by atoms with E-state index < -0.39 is 0 Å². The largest absolute Gasteiger partial charge is 0.353 e. The van der Waals surface area contributed by atoms with Crippen molar-refractivity contribution in [3.63, 3.8) is 0 Å². The highest BCUT2D eigenvalue weighted by Crippen LogP contribution is 2.26. The van der Waals surface area contributed by atoms with E-state index in [9.17, 15) is 0 Å². The third kappa shape index (κ3) is 2.67. The maximum absolute atomic E-state index is 5.27. The lowest BCUT2D eigenvalue weighted by atomic mass is 9.92. The molecule has 0 amide bonds. The number of hydrogen-bond acceptors (Lipinski definition) is 4. The third-order valence-corrected chi connectivity index (χ3v) is 2.97. The maximum Gasteiger partial charge on any atom is 0.219 e. The Morgan fingerprint density at radius 1 is 1.41 bits per heavy atom. The van der Waals surface area contributed by atoms with Crippen LogP contribution in [-0.4, -0.2) is 20.3 Å². The zero-order valence-electron chi connectivity index (χ0n) is 10.3. The number of nitrogens with zero attached hydrogens (tertiary/aromatic N) is 3. The number of nitrogens with one attached hydrogen (secondary N) is 1. The molecule has 0 aliphatic rings. The summed E-state index contributed by atoms with van der Waals surface area (Å²) in [5, 5.41) is 11.1. The van der Waals surface area contributed by atoms with Gasteiger partial charge in [0.25, 0.3) is 0 Å². The van der Waals surface area contributed by atoms with E-state index in [2.05, 4.69) is 63.7 Å². The lowest BCUT2D eigenvalue weighted by Gasteiger charge is -2.12. The number of aromatic amines is 1. The highest BCUT2D eigenvalue weighted by molar-refractivity contribution is 14.1. The molecule has 0 aromatic carbocycles. The second-order valence-corrected chi connectivity index (χ2v) is 6.86. The van der Waals surface area contributed by atoms with Gasteiger partial charge in [0.15, 0.2) is 0 Å². The zero-order valence-corrected chi connectivity index (χ0v) is 12.4. The van der Waals surface area contributed by atoms with Crippen molar-refractivity contribution in [2.45, 2.75) is 37.0 Å². The van der Waals surface area contributed by atoms with Crippen LogP contribution in [0.1, 0.15) is 43.1 Å². The molecule has 1 unspecified atom stereocenters. The molecule has 0 fully saturated rings. The van der Waals surface area contributed by atoms with Crippen molar-refractivity contribution in [1.29, 1.82) is 0 Å². The molecule has 0 radical (unpaired) electrons. The topological polar surface area (TPSA) is 67.6 Å². The van der Waals surface area contributed by atoms with Gasteiger partial charge < -0.3 is 4.52 Å². The Bertz CT molecular complexity index is 510. The zero-order chi connectivity index (χ0) is 12.6. The molecule has 0 spiro atoms. The quantitative estimate of drug-likeness (QED) is 0.670. The van der Waals surface area contributed by atoms with Crippen molar-refractivity contribution in [2.24, 2.45) is 0 Å². The molecule has 0 aliphatic carbocycles. The molecule has 2 heterocycles. The van der Waals surface area contributed by atoms with Gasteiger partial charge in [-0.05, 0) is 6.92 Å². The number of aromatic nitrogens is 4. The number of rotatable bonds is 2. The first-order chi connectivity index (χ1) is 7.88. The first-order valence-corrected chi connectivity index (χ1v) is 6.66. The van der Waals surface area contributed by atoms with Crippen LogP contribution in [0, 0.1) is 0 Å². The van der Waals surface area contributed by atoms with E-state index in [0.29, 0.717) is 15.5 Å². The van der Waals surface area contributed by atoms with Crippen molar-refractivity contribution in [3.05, 3.63) is 17.6 Å². The predicted molar refractivity (Wildman–Crippen MR) is 73.0 cm³/mol. The lowest BCUT2D eigenvalue weighted by molar-refractivity contribution is 0.400. The summed E-state index contributed by atoms with van der Waals surface area (Å²) in [6.07, 6.45) is 0. The number of H-pyrrole nitrogens is 1. The fourth-order valence-corrected chi connectivity index (χ4v) is 1.57. The molecule has 1 N–H and O–H groups in total. The van der Waals surface area contributed by atoms with Crippen LogP contribution in [0.3, 0.4) is 0 Å². The van der Waals surface area contributed by atoms with E-state index in [1.54, 1.807) is 0 Å². The molecule has 92 valence electrons. The Morgan fingerprint density at radius 3 is 2.59 bits per heavy atom. The van der Waals surface area contributed by atoms with Gasteiger partial charge in [0.2, 0.25) is 11.6 Å². The molecule has 5 nitrogen and oxygen atoms in total. The van der Waals surface area contributed by atoms with E-state index in [1.165, 1.54) is 0 Å². The minimum absolute atomic E-state index is 0.0303. The van der Waals surface area contributed by atoms with Crippen LogP contribution in [0.15, 0.2) is 10.6 Å². The van der Waals surface area contributed by atoms with Gasteiger partial charge in [-0.2, -0.15) is 0 Å². The van der Waals surface area contributed by atoms with Crippen molar-refractivity contribution in [3.8, 4) is 11.6 Å². The summed E-state index contributed by atoms with van der Waals surface area (Å²) in [7, 11) is 0. The molecule has 1 atom stereocenters. The number of hydrogen-bond donors (Lipinski definition) is 1. The highest BCUT2D eigenvalue weighted by atomic mass is 127. The third-order valence-electron chi connectivity index (χ3n) is 2.38. The van der Waals surface area contributed by atoms with Gasteiger partial charge in [0, 0.05) is 11.5 Å². The fourth-order valence-electron chi connectivity index (χ4n) is 1.30. The van der Waals surface area contributed by atoms with Crippen LogP contribution >= 0.6 is 22.6 Å². The van der Waals surface area contributed by atoms with Gasteiger partial charge in [-0.1, -0.05) is 48.5 Å². The summed E-state index contributed by atoms with van der Waals surface area (Å²) in [5.41, 5.74) is 0.874. The monoisotopic (exact) mass is 346 g/mol. The molecule has 2 rings (SSSR count). The van der Waals surface area contributed by atoms with Crippen molar-refractivity contribution in [2.75, 3.05) is 0 Å². The summed E-state index contributed by atoms with van der Waals surface area (Å²) >= 11 is 2.28. The van der Waals surface area contributed by atoms with Crippen LogP contribution in [-0.2, 0) is 5.41 Å². The van der Waals surface area contributed by atoms with E-state index in [1.807, 2.05) is 13.0 Å². The molecule has 17 heavy (non-hydrogen) atoms. The van der Waals surface area contributed by atoms with Crippen molar-refractivity contribution < 1.29 is 4.52 Å². The standard InChI is InChI=1S/C11H15IN4O/c1-6(12)9-13-10(15-14-9)7-5-8(16-17-7)11(2,3)4/h5-6H,1-4H3,(H,13,14,15). The Labute approximate surface area is 114 Å². The summed E-state index contributed by atoms with van der Waals surface area (Å²) in [6, 6.07) is 1.89. The average molecular weight is 346 g/mol. The Balaban J connectivity index is 2.31. The second kappa shape index (κ2) is 4.40. The number of alkyl halides is 1.